The van der Waals surface area contributed by atoms with E-state index in [0.29, 0.717) is 6.07 Å². The number of carbonyl (C=O) groups is 1. The number of alkyl halides is 3. The number of hydrogen-bond acceptors (Lipinski definition) is 4. The third kappa shape index (κ3) is 4.90. The SMILES string of the molecule is O=C(Nc1cccc(NS(=O)(=O)c2ccc(Cl)c(C(F)(F)F)c2)c1)c1ccco1. The lowest BCUT2D eigenvalue weighted by Gasteiger charge is -2.13. The average Bonchev–Trinajstić information content (AvgIpc) is 3.15. The first kappa shape index (κ1) is 20.7. The highest BCUT2D eigenvalue weighted by Gasteiger charge is 2.34. The lowest BCUT2D eigenvalue weighted by molar-refractivity contribution is -0.137. The first-order valence-electron chi connectivity index (χ1n) is 7.91. The summed E-state index contributed by atoms with van der Waals surface area (Å²) in [6, 6.07) is 10.9. The number of halogens is 4. The zero-order chi connectivity index (χ0) is 21.2. The zero-order valence-electron chi connectivity index (χ0n) is 14.3. The molecule has 29 heavy (non-hydrogen) atoms. The normalized spacial score (nSPS) is 11.9. The Kier molecular flexibility index (Phi) is 5.58. The highest BCUT2D eigenvalue weighted by atomic mass is 35.5. The van der Waals surface area contributed by atoms with Crippen molar-refractivity contribution in [3.05, 3.63) is 77.2 Å². The van der Waals surface area contributed by atoms with E-state index < -0.39 is 37.6 Å². The average molecular weight is 445 g/mol. The molecule has 0 fully saturated rings. The van der Waals surface area contributed by atoms with Crippen LogP contribution in [-0.4, -0.2) is 14.3 Å². The van der Waals surface area contributed by atoms with Gasteiger partial charge in [0.15, 0.2) is 5.76 Å². The van der Waals surface area contributed by atoms with Gasteiger partial charge in [0.1, 0.15) is 0 Å². The molecule has 3 rings (SSSR count). The minimum absolute atomic E-state index is 0.0331. The summed E-state index contributed by atoms with van der Waals surface area (Å²) < 4.78 is 71.1. The Morgan fingerprint density at radius 2 is 1.72 bits per heavy atom. The van der Waals surface area contributed by atoms with Gasteiger partial charge < -0.3 is 9.73 Å². The Bertz CT molecular complexity index is 1150. The van der Waals surface area contributed by atoms with Crippen molar-refractivity contribution in [3.8, 4) is 0 Å². The van der Waals surface area contributed by atoms with Crippen LogP contribution in [0.1, 0.15) is 16.1 Å². The van der Waals surface area contributed by atoms with Gasteiger partial charge in [0.05, 0.1) is 27.4 Å². The summed E-state index contributed by atoms with van der Waals surface area (Å²) in [6.07, 6.45) is -3.49. The topological polar surface area (TPSA) is 88.4 Å². The molecule has 0 bridgehead atoms. The minimum Gasteiger partial charge on any atom is -0.459 e. The van der Waals surface area contributed by atoms with E-state index in [1.165, 1.54) is 42.7 Å². The van der Waals surface area contributed by atoms with Gasteiger partial charge in [-0.3, -0.25) is 9.52 Å². The Morgan fingerprint density at radius 3 is 2.38 bits per heavy atom. The smallest absolute Gasteiger partial charge is 0.417 e. The standard InChI is InChI=1S/C18H12ClF3N2O4S/c19-15-7-6-13(10-14(15)18(20,21)22)29(26,27)24-12-4-1-3-11(9-12)23-17(25)16-5-2-8-28-16/h1-10,24H,(H,23,25). The van der Waals surface area contributed by atoms with Gasteiger partial charge in [-0.1, -0.05) is 17.7 Å². The van der Waals surface area contributed by atoms with Crippen LogP contribution in [-0.2, 0) is 16.2 Å². The van der Waals surface area contributed by atoms with E-state index in [9.17, 15) is 26.4 Å². The summed E-state index contributed by atoms with van der Waals surface area (Å²) in [6.45, 7) is 0. The van der Waals surface area contributed by atoms with Crippen LogP contribution in [0.2, 0.25) is 5.02 Å². The molecule has 0 atom stereocenters. The second-order valence-electron chi connectivity index (χ2n) is 5.76. The molecule has 0 saturated heterocycles. The van der Waals surface area contributed by atoms with Crippen LogP contribution in [0.5, 0.6) is 0 Å². The van der Waals surface area contributed by atoms with E-state index in [2.05, 4.69) is 10.0 Å². The quantitative estimate of drug-likeness (QED) is 0.579. The molecule has 1 amide bonds. The Balaban J connectivity index is 1.83. The van der Waals surface area contributed by atoms with Crippen molar-refractivity contribution in [2.75, 3.05) is 10.0 Å². The fraction of sp³-hybridized carbons (Fsp3) is 0.0556. The van der Waals surface area contributed by atoms with E-state index in [-0.39, 0.29) is 17.1 Å². The van der Waals surface area contributed by atoms with E-state index in [1.54, 1.807) is 0 Å². The van der Waals surface area contributed by atoms with Gasteiger partial charge in [-0.2, -0.15) is 13.2 Å². The molecule has 152 valence electrons. The molecule has 1 heterocycles. The van der Waals surface area contributed by atoms with Crippen molar-refractivity contribution in [2.24, 2.45) is 0 Å². The van der Waals surface area contributed by atoms with Crippen LogP contribution in [0.4, 0.5) is 24.5 Å². The predicted octanol–water partition coefficient (Wildman–Crippen LogP) is 5.00. The zero-order valence-corrected chi connectivity index (χ0v) is 15.9. The Morgan fingerprint density at radius 1 is 1.00 bits per heavy atom. The van der Waals surface area contributed by atoms with Gasteiger partial charge in [0.2, 0.25) is 0 Å². The van der Waals surface area contributed by atoms with Crippen molar-refractivity contribution < 1.29 is 30.8 Å². The molecule has 0 spiro atoms. The third-order valence-corrected chi connectivity index (χ3v) is 5.38. The highest BCUT2D eigenvalue weighted by Crippen LogP contribution is 2.36. The molecule has 0 aliphatic carbocycles. The van der Waals surface area contributed by atoms with Gasteiger partial charge in [0.25, 0.3) is 15.9 Å². The number of furan rings is 1. The van der Waals surface area contributed by atoms with Crippen LogP contribution in [0, 0.1) is 0 Å². The molecule has 6 nitrogen and oxygen atoms in total. The van der Waals surface area contributed by atoms with Crippen molar-refractivity contribution in [1.82, 2.24) is 0 Å². The van der Waals surface area contributed by atoms with Crippen molar-refractivity contribution >= 4 is 38.9 Å². The molecule has 0 saturated carbocycles. The molecular formula is C18H12ClF3N2O4S. The van der Waals surface area contributed by atoms with Gasteiger partial charge in [0, 0.05) is 5.69 Å². The number of amides is 1. The second kappa shape index (κ2) is 7.80. The fourth-order valence-corrected chi connectivity index (χ4v) is 3.66. The minimum atomic E-state index is -4.81. The molecule has 0 aliphatic heterocycles. The maximum absolute atomic E-state index is 13.0. The maximum Gasteiger partial charge on any atom is 0.417 e. The summed E-state index contributed by atoms with van der Waals surface area (Å²) >= 11 is 5.52. The summed E-state index contributed by atoms with van der Waals surface area (Å²) in [5.41, 5.74) is -0.981. The summed E-state index contributed by atoms with van der Waals surface area (Å²) in [4.78, 5) is 11.4. The number of hydrogen-bond donors (Lipinski definition) is 2. The molecule has 0 unspecified atom stereocenters. The molecule has 2 N–H and O–H groups in total. The number of sulfonamides is 1. The van der Waals surface area contributed by atoms with Crippen molar-refractivity contribution in [2.45, 2.75) is 11.1 Å². The summed E-state index contributed by atoms with van der Waals surface area (Å²) in [5.74, 6) is -0.501. The molecule has 1 aromatic heterocycles. The number of carbonyl (C=O) groups excluding carboxylic acids is 1. The van der Waals surface area contributed by atoms with Crippen LogP contribution in [0.25, 0.3) is 0 Å². The van der Waals surface area contributed by atoms with Crippen molar-refractivity contribution in [3.63, 3.8) is 0 Å². The van der Waals surface area contributed by atoms with Gasteiger partial charge in [-0.25, -0.2) is 8.42 Å². The van der Waals surface area contributed by atoms with Crippen LogP contribution in [0.3, 0.4) is 0 Å². The summed E-state index contributed by atoms with van der Waals surface area (Å²) in [5, 5.41) is 1.90. The van der Waals surface area contributed by atoms with E-state index >= 15 is 0 Å². The van der Waals surface area contributed by atoms with E-state index in [0.717, 1.165) is 12.1 Å². The molecule has 3 aromatic rings. The number of rotatable bonds is 5. The lowest BCUT2D eigenvalue weighted by Crippen LogP contribution is -2.15. The van der Waals surface area contributed by atoms with E-state index in [4.69, 9.17) is 16.0 Å². The first-order valence-corrected chi connectivity index (χ1v) is 9.77. The lowest BCUT2D eigenvalue weighted by atomic mass is 10.2. The van der Waals surface area contributed by atoms with Crippen LogP contribution >= 0.6 is 11.6 Å². The van der Waals surface area contributed by atoms with Crippen LogP contribution < -0.4 is 10.0 Å². The maximum atomic E-state index is 13.0. The number of nitrogens with one attached hydrogen (secondary N) is 2. The van der Waals surface area contributed by atoms with Gasteiger partial charge in [-0.05, 0) is 48.5 Å². The monoisotopic (exact) mass is 444 g/mol. The number of anilines is 2. The predicted molar refractivity (Wildman–Crippen MR) is 100 cm³/mol. The molecule has 0 radical (unpaired) electrons. The second-order valence-corrected chi connectivity index (χ2v) is 7.85. The Labute approximate surface area is 168 Å². The molecule has 2 aromatic carbocycles. The van der Waals surface area contributed by atoms with Crippen LogP contribution in [0.15, 0.2) is 70.2 Å². The Hall–Kier alpha value is -2.98. The van der Waals surface area contributed by atoms with Crippen molar-refractivity contribution in [1.29, 1.82) is 0 Å². The van der Waals surface area contributed by atoms with Gasteiger partial charge in [-0.15, -0.1) is 0 Å². The largest absolute Gasteiger partial charge is 0.459 e. The van der Waals surface area contributed by atoms with E-state index in [1.807, 2.05) is 0 Å². The number of benzene rings is 2. The fourth-order valence-electron chi connectivity index (χ4n) is 2.36. The molecule has 11 heteroatoms. The first-order chi connectivity index (χ1) is 13.6. The molecular weight excluding hydrogens is 433 g/mol. The molecule has 0 aliphatic rings. The summed E-state index contributed by atoms with van der Waals surface area (Å²) in [7, 11) is -4.34. The van der Waals surface area contributed by atoms with Gasteiger partial charge >= 0.3 is 6.18 Å². The highest BCUT2D eigenvalue weighted by molar-refractivity contribution is 7.92. The third-order valence-electron chi connectivity index (χ3n) is 3.67.